The van der Waals surface area contributed by atoms with Crippen LogP contribution < -0.4 is 0 Å². The number of aromatic nitrogens is 2. The molecule has 0 aromatic carbocycles. The van der Waals surface area contributed by atoms with E-state index in [9.17, 15) is 0 Å². The molecule has 1 aromatic heterocycles. The standard InChI is InChI=1S/C4H10NP.C2H2N2S.C2H6/c6-5-3-1-2-4-5;1-3-2-5-4-1;1-2/h1-4,6H2;1-2H;1-2H3. The third-order valence-electron chi connectivity index (χ3n) is 1.42. The van der Waals surface area contributed by atoms with E-state index in [4.69, 9.17) is 0 Å². The van der Waals surface area contributed by atoms with Crippen LogP contribution in [0.3, 0.4) is 0 Å². The van der Waals surface area contributed by atoms with E-state index in [1.54, 1.807) is 5.51 Å². The minimum absolute atomic E-state index is 1.28. The minimum Gasteiger partial charge on any atom is -0.287 e. The van der Waals surface area contributed by atoms with Crippen LogP contribution in [0.4, 0.5) is 0 Å². The molecule has 0 saturated carbocycles. The molecule has 1 fully saturated rings. The molecule has 76 valence electrons. The molecule has 1 aliphatic heterocycles. The second-order valence-electron chi connectivity index (χ2n) is 2.32. The fourth-order valence-corrected chi connectivity index (χ4v) is 1.51. The van der Waals surface area contributed by atoms with E-state index in [1.807, 2.05) is 13.8 Å². The van der Waals surface area contributed by atoms with Crippen LogP contribution in [0.25, 0.3) is 0 Å². The lowest BCUT2D eigenvalue weighted by molar-refractivity contribution is 0.586. The predicted molar refractivity (Wildman–Crippen MR) is 61.8 cm³/mol. The van der Waals surface area contributed by atoms with Gasteiger partial charge in [0.25, 0.3) is 0 Å². The van der Waals surface area contributed by atoms with Gasteiger partial charge in [-0.05, 0) is 24.4 Å². The molecule has 13 heavy (non-hydrogen) atoms. The second-order valence-corrected chi connectivity index (χ2v) is 3.69. The highest BCUT2D eigenvalue weighted by atomic mass is 32.1. The van der Waals surface area contributed by atoms with Gasteiger partial charge in [-0.3, -0.25) is 4.67 Å². The number of hydrogen-bond donors (Lipinski definition) is 0. The highest BCUT2D eigenvalue weighted by molar-refractivity contribution is 7.13. The quantitative estimate of drug-likeness (QED) is 0.627. The van der Waals surface area contributed by atoms with Crippen molar-refractivity contribution in [2.75, 3.05) is 13.1 Å². The van der Waals surface area contributed by atoms with E-state index in [1.165, 1.54) is 43.8 Å². The summed E-state index contributed by atoms with van der Waals surface area (Å²) < 4.78 is 5.93. The first-order chi connectivity index (χ1) is 6.39. The van der Waals surface area contributed by atoms with Gasteiger partial charge < -0.3 is 0 Å². The van der Waals surface area contributed by atoms with Crippen molar-refractivity contribution < 1.29 is 0 Å². The molecule has 2 rings (SSSR count). The van der Waals surface area contributed by atoms with E-state index in [0.717, 1.165) is 0 Å². The predicted octanol–water partition coefficient (Wildman–Crippen LogP) is 2.44. The molecule has 0 radical (unpaired) electrons. The molecule has 1 unspecified atom stereocenters. The Morgan fingerprint density at radius 2 is 1.92 bits per heavy atom. The van der Waals surface area contributed by atoms with Crippen LogP contribution in [0.5, 0.6) is 0 Å². The summed E-state index contributed by atoms with van der Waals surface area (Å²) in [6, 6.07) is 0. The molecule has 2 heterocycles. The van der Waals surface area contributed by atoms with Crippen molar-refractivity contribution in [3.05, 3.63) is 11.8 Å². The average molecular weight is 219 g/mol. The van der Waals surface area contributed by atoms with E-state index >= 15 is 0 Å². The van der Waals surface area contributed by atoms with Gasteiger partial charge in [0.2, 0.25) is 0 Å². The third-order valence-corrected chi connectivity index (χ3v) is 2.37. The Morgan fingerprint density at radius 1 is 1.31 bits per heavy atom. The topological polar surface area (TPSA) is 29.0 Å². The van der Waals surface area contributed by atoms with Crippen LogP contribution >= 0.6 is 20.9 Å². The van der Waals surface area contributed by atoms with Crippen LogP contribution in [0.2, 0.25) is 0 Å². The Balaban J connectivity index is 0.000000189. The van der Waals surface area contributed by atoms with E-state index in [-0.39, 0.29) is 0 Å². The van der Waals surface area contributed by atoms with Gasteiger partial charge in [-0.1, -0.05) is 23.2 Å². The van der Waals surface area contributed by atoms with Crippen molar-refractivity contribution in [1.82, 2.24) is 14.0 Å². The highest BCUT2D eigenvalue weighted by Crippen LogP contribution is 2.10. The van der Waals surface area contributed by atoms with Crippen molar-refractivity contribution in [2.45, 2.75) is 26.7 Å². The minimum atomic E-state index is 1.28. The molecular weight excluding hydrogens is 201 g/mol. The molecule has 0 N–H and O–H groups in total. The van der Waals surface area contributed by atoms with Crippen molar-refractivity contribution in [3.63, 3.8) is 0 Å². The Hall–Kier alpha value is -0.0500. The monoisotopic (exact) mass is 219 g/mol. The first-order valence-corrected chi connectivity index (χ1v) is 5.94. The lowest BCUT2D eigenvalue weighted by Crippen LogP contribution is -2.01. The molecule has 0 bridgehead atoms. The smallest absolute Gasteiger partial charge is 0.129 e. The van der Waals surface area contributed by atoms with Crippen LogP contribution in [0.1, 0.15) is 26.7 Å². The molecule has 1 saturated heterocycles. The Kier molecular flexibility index (Phi) is 10.00. The summed E-state index contributed by atoms with van der Waals surface area (Å²) in [5.74, 6) is 0. The fraction of sp³-hybridized carbons (Fsp3) is 0.750. The van der Waals surface area contributed by atoms with Crippen LogP contribution in [0.15, 0.2) is 11.8 Å². The third kappa shape index (κ3) is 8.28. The second kappa shape index (κ2) is 10.0. The molecule has 0 spiro atoms. The first kappa shape index (κ1) is 12.9. The van der Waals surface area contributed by atoms with Gasteiger partial charge >= 0.3 is 0 Å². The molecule has 0 amide bonds. The van der Waals surface area contributed by atoms with Crippen molar-refractivity contribution >= 4 is 20.9 Å². The number of rotatable bonds is 0. The highest BCUT2D eigenvalue weighted by Gasteiger charge is 2.03. The summed E-state index contributed by atoms with van der Waals surface area (Å²) in [6.07, 6.45) is 4.30. The zero-order valence-corrected chi connectivity index (χ0v) is 10.3. The van der Waals surface area contributed by atoms with Gasteiger partial charge in [0.1, 0.15) is 11.8 Å². The molecule has 5 heteroatoms. The zero-order valence-electron chi connectivity index (χ0n) is 8.31. The molecule has 0 aliphatic carbocycles. The lowest BCUT2D eigenvalue weighted by atomic mass is 10.4. The Labute approximate surface area is 87.0 Å². The zero-order chi connectivity index (χ0) is 9.94. The Bertz CT molecular complexity index is 147. The SMILES string of the molecule is CC.PN1CCCC1.c1ncsn1. The van der Waals surface area contributed by atoms with Crippen LogP contribution in [-0.4, -0.2) is 27.1 Å². The van der Waals surface area contributed by atoms with Gasteiger partial charge in [0.15, 0.2) is 0 Å². The maximum Gasteiger partial charge on any atom is 0.129 e. The Morgan fingerprint density at radius 3 is 2.08 bits per heavy atom. The van der Waals surface area contributed by atoms with E-state index in [0.29, 0.717) is 0 Å². The summed E-state index contributed by atoms with van der Waals surface area (Å²) in [4.78, 5) is 3.63. The van der Waals surface area contributed by atoms with Crippen LogP contribution in [0, 0.1) is 0 Å². The summed E-state index contributed by atoms with van der Waals surface area (Å²) in [5.41, 5.74) is 1.68. The van der Waals surface area contributed by atoms with Gasteiger partial charge in [-0.25, -0.2) is 4.98 Å². The average Bonchev–Trinajstić information content (AvgIpc) is 2.81. The fourth-order valence-electron chi connectivity index (χ4n) is 0.878. The summed E-state index contributed by atoms with van der Waals surface area (Å²) in [7, 11) is 2.71. The van der Waals surface area contributed by atoms with E-state index in [2.05, 4.69) is 23.4 Å². The van der Waals surface area contributed by atoms with Crippen LogP contribution in [-0.2, 0) is 0 Å². The maximum atomic E-state index is 3.65. The molecule has 1 aromatic rings. The molecule has 1 atom stereocenters. The number of hydrogen-bond acceptors (Lipinski definition) is 4. The lowest BCUT2D eigenvalue weighted by Gasteiger charge is -2.00. The van der Waals surface area contributed by atoms with E-state index < -0.39 is 0 Å². The van der Waals surface area contributed by atoms with Crippen molar-refractivity contribution in [3.8, 4) is 0 Å². The molecular formula is C8H18N3PS. The largest absolute Gasteiger partial charge is 0.287 e. The molecule has 1 aliphatic rings. The maximum absolute atomic E-state index is 3.65. The summed E-state index contributed by atoms with van der Waals surface area (Å²) in [5, 5.41) is 0. The van der Waals surface area contributed by atoms with Gasteiger partial charge in [-0.2, -0.15) is 4.37 Å². The van der Waals surface area contributed by atoms with Gasteiger partial charge in [0.05, 0.1) is 0 Å². The molecule has 3 nitrogen and oxygen atoms in total. The van der Waals surface area contributed by atoms with Gasteiger partial charge in [-0.15, -0.1) is 0 Å². The summed E-state index contributed by atoms with van der Waals surface area (Å²) >= 11 is 1.35. The van der Waals surface area contributed by atoms with Crippen molar-refractivity contribution in [2.24, 2.45) is 0 Å². The normalized spacial score (nSPS) is 15.3. The van der Waals surface area contributed by atoms with Gasteiger partial charge in [0, 0.05) is 13.1 Å². The number of nitrogens with zero attached hydrogens (tertiary/aromatic N) is 3. The summed E-state index contributed by atoms with van der Waals surface area (Å²) in [6.45, 7) is 6.56. The van der Waals surface area contributed by atoms with Crippen molar-refractivity contribution in [1.29, 1.82) is 0 Å². The first-order valence-electron chi connectivity index (χ1n) is 4.58.